The Kier molecular flexibility index (Phi) is 3.47. The van der Waals surface area contributed by atoms with E-state index in [-0.39, 0.29) is 0 Å². The third-order valence-corrected chi connectivity index (χ3v) is 3.32. The van der Waals surface area contributed by atoms with Crippen LogP contribution in [-0.4, -0.2) is 10.9 Å². The highest BCUT2D eigenvalue weighted by Gasteiger charge is 2.09. The van der Waals surface area contributed by atoms with Crippen molar-refractivity contribution in [2.75, 3.05) is 11.1 Å². The molecule has 0 aliphatic heterocycles. The first kappa shape index (κ1) is 12.4. The molecule has 2 rings (SSSR count). The standard InChI is InChI=1S/C12H14N4OS/c1-7-16-8(6-18-7)5-15-10-4-2-3-9(11(10)13)12(14)17/h2-4,6,15H,5,13H2,1H3,(H2,14,17). The summed E-state index contributed by atoms with van der Waals surface area (Å²) in [5.41, 5.74) is 13.4. The molecule has 94 valence electrons. The molecule has 0 aliphatic carbocycles. The van der Waals surface area contributed by atoms with Crippen LogP contribution in [0.2, 0.25) is 0 Å². The molecule has 1 amide bonds. The first-order chi connectivity index (χ1) is 8.58. The van der Waals surface area contributed by atoms with Gasteiger partial charge in [-0.15, -0.1) is 11.3 Å². The Morgan fingerprint density at radius 1 is 1.50 bits per heavy atom. The Hall–Kier alpha value is -2.08. The summed E-state index contributed by atoms with van der Waals surface area (Å²) in [6, 6.07) is 5.15. The van der Waals surface area contributed by atoms with Crippen molar-refractivity contribution in [3.8, 4) is 0 Å². The van der Waals surface area contributed by atoms with Gasteiger partial charge in [0.05, 0.1) is 34.2 Å². The van der Waals surface area contributed by atoms with E-state index >= 15 is 0 Å². The van der Waals surface area contributed by atoms with Crippen LogP contribution in [0.5, 0.6) is 0 Å². The van der Waals surface area contributed by atoms with Crippen molar-refractivity contribution in [1.29, 1.82) is 0 Å². The van der Waals surface area contributed by atoms with Gasteiger partial charge in [0.2, 0.25) is 0 Å². The Bertz CT molecular complexity index is 579. The number of nitrogens with two attached hydrogens (primary N) is 2. The van der Waals surface area contributed by atoms with Crippen molar-refractivity contribution in [1.82, 2.24) is 4.98 Å². The molecule has 0 fully saturated rings. The number of nitrogen functional groups attached to an aromatic ring is 1. The minimum Gasteiger partial charge on any atom is -0.396 e. The summed E-state index contributed by atoms with van der Waals surface area (Å²) in [6.45, 7) is 2.52. The number of aromatic nitrogens is 1. The predicted octanol–water partition coefficient (Wildman–Crippen LogP) is 1.74. The van der Waals surface area contributed by atoms with Gasteiger partial charge >= 0.3 is 0 Å². The van der Waals surface area contributed by atoms with Gasteiger partial charge in [-0.25, -0.2) is 4.98 Å². The van der Waals surface area contributed by atoms with Gasteiger partial charge in [-0.1, -0.05) is 6.07 Å². The monoisotopic (exact) mass is 262 g/mol. The highest BCUT2D eigenvalue weighted by molar-refractivity contribution is 7.09. The number of amides is 1. The summed E-state index contributed by atoms with van der Waals surface area (Å²) in [5.74, 6) is -0.527. The van der Waals surface area contributed by atoms with E-state index in [4.69, 9.17) is 11.5 Å². The van der Waals surface area contributed by atoms with E-state index in [1.807, 2.05) is 12.3 Å². The number of anilines is 2. The molecule has 0 saturated heterocycles. The maximum Gasteiger partial charge on any atom is 0.250 e. The zero-order valence-corrected chi connectivity index (χ0v) is 10.8. The molecule has 6 heteroatoms. The fraction of sp³-hybridized carbons (Fsp3) is 0.167. The van der Waals surface area contributed by atoms with Crippen LogP contribution in [0.3, 0.4) is 0 Å². The van der Waals surface area contributed by atoms with E-state index in [1.54, 1.807) is 29.5 Å². The number of primary amides is 1. The number of hydrogen-bond donors (Lipinski definition) is 3. The van der Waals surface area contributed by atoms with Crippen LogP contribution in [0.1, 0.15) is 21.1 Å². The van der Waals surface area contributed by atoms with Gasteiger partial charge in [0.15, 0.2) is 0 Å². The molecule has 5 N–H and O–H groups in total. The topological polar surface area (TPSA) is 94.0 Å². The number of carbonyl (C=O) groups excluding carboxylic acids is 1. The molecule has 1 heterocycles. The maximum absolute atomic E-state index is 11.2. The van der Waals surface area contributed by atoms with E-state index in [1.165, 1.54) is 0 Å². The lowest BCUT2D eigenvalue weighted by Crippen LogP contribution is -2.14. The lowest BCUT2D eigenvalue weighted by Gasteiger charge is -2.10. The first-order valence-electron chi connectivity index (χ1n) is 5.41. The Balaban J connectivity index is 2.14. The second-order valence-electron chi connectivity index (χ2n) is 3.84. The molecule has 0 unspecified atom stereocenters. The van der Waals surface area contributed by atoms with Gasteiger partial charge in [-0.2, -0.15) is 0 Å². The minimum absolute atomic E-state index is 0.328. The fourth-order valence-corrected chi connectivity index (χ4v) is 2.22. The molecular weight excluding hydrogens is 248 g/mol. The van der Waals surface area contributed by atoms with Crippen molar-refractivity contribution >= 4 is 28.6 Å². The van der Waals surface area contributed by atoms with Crippen LogP contribution in [-0.2, 0) is 6.54 Å². The van der Waals surface area contributed by atoms with E-state index in [0.717, 1.165) is 10.7 Å². The molecule has 0 aliphatic rings. The van der Waals surface area contributed by atoms with E-state index in [0.29, 0.717) is 23.5 Å². The lowest BCUT2D eigenvalue weighted by molar-refractivity contribution is 0.100. The number of rotatable bonds is 4. The van der Waals surface area contributed by atoms with Crippen LogP contribution in [0.25, 0.3) is 0 Å². The normalized spacial score (nSPS) is 10.3. The molecule has 0 radical (unpaired) electrons. The van der Waals surface area contributed by atoms with E-state index in [9.17, 15) is 4.79 Å². The summed E-state index contributed by atoms with van der Waals surface area (Å²) in [6.07, 6.45) is 0. The van der Waals surface area contributed by atoms with Crippen molar-refractivity contribution in [2.45, 2.75) is 13.5 Å². The summed E-state index contributed by atoms with van der Waals surface area (Å²) < 4.78 is 0. The van der Waals surface area contributed by atoms with Crippen LogP contribution in [0.4, 0.5) is 11.4 Å². The number of aryl methyl sites for hydroxylation is 1. The second-order valence-corrected chi connectivity index (χ2v) is 4.90. The van der Waals surface area contributed by atoms with Crippen LogP contribution in [0, 0.1) is 6.92 Å². The number of benzene rings is 1. The number of para-hydroxylation sites is 1. The number of carbonyl (C=O) groups is 1. The number of hydrogen-bond acceptors (Lipinski definition) is 5. The second kappa shape index (κ2) is 5.05. The van der Waals surface area contributed by atoms with Gasteiger partial charge in [0.25, 0.3) is 5.91 Å². The molecule has 1 aromatic carbocycles. The third kappa shape index (κ3) is 2.60. The molecule has 0 spiro atoms. The summed E-state index contributed by atoms with van der Waals surface area (Å²) in [5, 5.41) is 6.15. The molecule has 1 aromatic heterocycles. The average molecular weight is 262 g/mol. The van der Waals surface area contributed by atoms with Gasteiger partial charge in [-0.05, 0) is 19.1 Å². The zero-order chi connectivity index (χ0) is 13.1. The minimum atomic E-state index is -0.527. The maximum atomic E-state index is 11.2. The van der Waals surface area contributed by atoms with Crippen molar-refractivity contribution in [3.05, 3.63) is 39.8 Å². The smallest absolute Gasteiger partial charge is 0.250 e. The van der Waals surface area contributed by atoms with Crippen LogP contribution in [0.15, 0.2) is 23.6 Å². The fourth-order valence-electron chi connectivity index (χ4n) is 1.61. The highest BCUT2D eigenvalue weighted by Crippen LogP contribution is 2.23. The molecule has 5 nitrogen and oxygen atoms in total. The van der Waals surface area contributed by atoms with Crippen LogP contribution >= 0.6 is 11.3 Å². The summed E-state index contributed by atoms with van der Waals surface area (Å²) >= 11 is 1.60. The molecule has 2 aromatic rings. The third-order valence-electron chi connectivity index (χ3n) is 2.50. The molecular formula is C12H14N4OS. The average Bonchev–Trinajstić information content (AvgIpc) is 2.73. The number of nitrogens with one attached hydrogen (secondary N) is 1. The highest BCUT2D eigenvalue weighted by atomic mass is 32.1. The van der Waals surface area contributed by atoms with Crippen molar-refractivity contribution < 1.29 is 4.79 Å². The molecule has 0 atom stereocenters. The number of thiazole rings is 1. The van der Waals surface area contributed by atoms with Gasteiger partial charge in [-0.3, -0.25) is 4.79 Å². The van der Waals surface area contributed by atoms with Crippen LogP contribution < -0.4 is 16.8 Å². The number of nitrogens with zero attached hydrogens (tertiary/aromatic N) is 1. The molecule has 0 bridgehead atoms. The first-order valence-corrected chi connectivity index (χ1v) is 6.29. The van der Waals surface area contributed by atoms with Gasteiger partial charge < -0.3 is 16.8 Å². The SMILES string of the molecule is Cc1nc(CNc2cccc(C(N)=O)c2N)cs1. The van der Waals surface area contributed by atoms with Crippen molar-refractivity contribution in [3.63, 3.8) is 0 Å². The van der Waals surface area contributed by atoms with E-state index < -0.39 is 5.91 Å². The van der Waals surface area contributed by atoms with Gasteiger partial charge in [0.1, 0.15) is 0 Å². The van der Waals surface area contributed by atoms with Gasteiger partial charge in [0, 0.05) is 5.38 Å². The molecule has 18 heavy (non-hydrogen) atoms. The zero-order valence-electron chi connectivity index (χ0n) is 9.93. The van der Waals surface area contributed by atoms with Crippen molar-refractivity contribution in [2.24, 2.45) is 5.73 Å². The largest absolute Gasteiger partial charge is 0.396 e. The Morgan fingerprint density at radius 2 is 2.28 bits per heavy atom. The van der Waals surface area contributed by atoms with E-state index in [2.05, 4.69) is 10.3 Å². The Labute approximate surface area is 109 Å². The predicted molar refractivity (Wildman–Crippen MR) is 73.6 cm³/mol. The summed E-state index contributed by atoms with van der Waals surface area (Å²) in [4.78, 5) is 15.5. The lowest BCUT2D eigenvalue weighted by atomic mass is 10.1. The Morgan fingerprint density at radius 3 is 2.89 bits per heavy atom. The quantitative estimate of drug-likeness (QED) is 0.731. The molecule has 0 saturated carbocycles. The summed E-state index contributed by atoms with van der Waals surface area (Å²) in [7, 11) is 0.